The summed E-state index contributed by atoms with van der Waals surface area (Å²) in [5.74, 6) is -2.19. The van der Waals surface area contributed by atoms with Gasteiger partial charge in [-0.25, -0.2) is 18.6 Å². The summed E-state index contributed by atoms with van der Waals surface area (Å²) in [4.78, 5) is 15.4. The van der Waals surface area contributed by atoms with Crippen molar-refractivity contribution in [2.24, 2.45) is 0 Å². The minimum atomic E-state index is -1.01. The second kappa shape index (κ2) is 5.79. The van der Waals surface area contributed by atoms with Gasteiger partial charge in [0, 0.05) is 25.1 Å². The van der Waals surface area contributed by atoms with Crippen molar-refractivity contribution in [2.45, 2.75) is 19.9 Å². The van der Waals surface area contributed by atoms with Crippen LogP contribution >= 0.6 is 0 Å². The molecular formula is C17H14F2N2O2. The van der Waals surface area contributed by atoms with E-state index in [1.807, 2.05) is 6.92 Å². The first kappa shape index (κ1) is 15.1. The zero-order chi connectivity index (χ0) is 16.6. The van der Waals surface area contributed by atoms with Crippen LogP contribution in [0.25, 0.3) is 11.0 Å². The Balaban J connectivity index is 2.10. The molecule has 2 aromatic carbocycles. The van der Waals surface area contributed by atoms with Crippen molar-refractivity contribution in [3.63, 3.8) is 0 Å². The van der Waals surface area contributed by atoms with Crippen LogP contribution in [0.2, 0.25) is 0 Å². The largest absolute Gasteiger partial charge is 0.478 e. The van der Waals surface area contributed by atoms with Crippen LogP contribution in [0.1, 0.15) is 28.7 Å². The van der Waals surface area contributed by atoms with E-state index in [0.29, 0.717) is 29.8 Å². The molecule has 6 heteroatoms. The van der Waals surface area contributed by atoms with Gasteiger partial charge in [0.15, 0.2) is 11.6 Å². The van der Waals surface area contributed by atoms with E-state index in [2.05, 4.69) is 4.98 Å². The van der Waals surface area contributed by atoms with E-state index in [9.17, 15) is 13.6 Å². The summed E-state index contributed by atoms with van der Waals surface area (Å²) < 4.78 is 28.7. The van der Waals surface area contributed by atoms with Crippen LogP contribution in [0.4, 0.5) is 8.78 Å². The van der Waals surface area contributed by atoms with Gasteiger partial charge >= 0.3 is 5.97 Å². The molecule has 0 fully saturated rings. The van der Waals surface area contributed by atoms with E-state index in [0.717, 1.165) is 17.7 Å². The third-order valence-corrected chi connectivity index (χ3v) is 3.70. The number of benzene rings is 2. The van der Waals surface area contributed by atoms with Crippen molar-refractivity contribution >= 4 is 17.0 Å². The molecule has 0 spiro atoms. The molecule has 4 nitrogen and oxygen atoms in total. The fourth-order valence-electron chi connectivity index (χ4n) is 2.60. The third-order valence-electron chi connectivity index (χ3n) is 3.70. The Bertz CT molecular complexity index is 903. The molecule has 0 saturated heterocycles. The summed E-state index contributed by atoms with van der Waals surface area (Å²) in [6.45, 7) is 2.24. The number of fused-ring (bicyclic) bond motifs is 1. The Morgan fingerprint density at radius 3 is 2.65 bits per heavy atom. The number of aromatic carboxylic acids is 1. The standard InChI is InChI=1S/C17H14F2N2O2/c1-2-16-20-14-7-12(18)13(19)8-15(14)21(16)9-10-4-3-5-11(6-10)17(22)23/h3-8H,2,9H2,1H3,(H,22,23). The monoisotopic (exact) mass is 316 g/mol. The van der Waals surface area contributed by atoms with Gasteiger partial charge in [0.2, 0.25) is 0 Å². The number of carboxylic acid groups (broad SMARTS) is 1. The SMILES string of the molecule is CCc1nc2cc(F)c(F)cc2n1Cc1cccc(C(=O)O)c1. The topological polar surface area (TPSA) is 55.1 Å². The van der Waals surface area contributed by atoms with E-state index in [1.54, 1.807) is 22.8 Å². The summed E-state index contributed by atoms with van der Waals surface area (Å²) >= 11 is 0. The number of hydrogen-bond donors (Lipinski definition) is 1. The van der Waals surface area contributed by atoms with Gasteiger partial charge in [0.05, 0.1) is 16.6 Å². The highest BCUT2D eigenvalue weighted by molar-refractivity contribution is 5.87. The number of imidazole rings is 1. The maximum absolute atomic E-state index is 13.6. The van der Waals surface area contributed by atoms with Crippen molar-refractivity contribution in [3.8, 4) is 0 Å². The number of halogens is 2. The van der Waals surface area contributed by atoms with Crippen molar-refractivity contribution in [2.75, 3.05) is 0 Å². The predicted octanol–water partition coefficient (Wildman–Crippen LogP) is 3.62. The first-order chi connectivity index (χ1) is 11.0. The Labute approximate surface area is 131 Å². The lowest BCUT2D eigenvalue weighted by molar-refractivity contribution is 0.0696. The molecule has 0 radical (unpaired) electrons. The van der Waals surface area contributed by atoms with Crippen LogP contribution in [-0.2, 0) is 13.0 Å². The van der Waals surface area contributed by atoms with Gasteiger partial charge in [-0.1, -0.05) is 19.1 Å². The molecule has 1 heterocycles. The molecule has 23 heavy (non-hydrogen) atoms. The summed E-state index contributed by atoms with van der Waals surface area (Å²) in [5.41, 5.74) is 1.81. The number of carbonyl (C=O) groups is 1. The quantitative estimate of drug-likeness (QED) is 0.800. The fraction of sp³-hybridized carbons (Fsp3) is 0.176. The Kier molecular flexibility index (Phi) is 3.82. The van der Waals surface area contributed by atoms with Gasteiger partial charge in [-0.05, 0) is 17.7 Å². The number of hydrogen-bond acceptors (Lipinski definition) is 2. The van der Waals surface area contributed by atoms with Gasteiger partial charge in [0.1, 0.15) is 5.82 Å². The molecule has 0 aliphatic carbocycles. The number of rotatable bonds is 4. The van der Waals surface area contributed by atoms with Crippen LogP contribution in [0.5, 0.6) is 0 Å². The molecule has 1 N–H and O–H groups in total. The smallest absolute Gasteiger partial charge is 0.335 e. The second-order valence-corrected chi connectivity index (χ2v) is 5.23. The minimum Gasteiger partial charge on any atom is -0.478 e. The Morgan fingerprint density at radius 2 is 1.96 bits per heavy atom. The molecule has 0 amide bonds. The normalized spacial score (nSPS) is 11.1. The number of aromatic nitrogens is 2. The van der Waals surface area contributed by atoms with Crippen LogP contribution < -0.4 is 0 Å². The van der Waals surface area contributed by atoms with Gasteiger partial charge < -0.3 is 9.67 Å². The van der Waals surface area contributed by atoms with Crippen molar-refractivity contribution in [1.29, 1.82) is 0 Å². The molecule has 3 aromatic rings. The number of carboxylic acids is 1. The zero-order valence-electron chi connectivity index (χ0n) is 12.4. The highest BCUT2D eigenvalue weighted by Crippen LogP contribution is 2.22. The summed E-state index contributed by atoms with van der Waals surface area (Å²) in [6, 6.07) is 8.72. The number of aryl methyl sites for hydroxylation is 1. The second-order valence-electron chi connectivity index (χ2n) is 5.23. The van der Waals surface area contributed by atoms with E-state index in [4.69, 9.17) is 5.11 Å². The average molecular weight is 316 g/mol. The Hall–Kier alpha value is -2.76. The van der Waals surface area contributed by atoms with E-state index in [1.165, 1.54) is 6.07 Å². The predicted molar refractivity (Wildman–Crippen MR) is 81.5 cm³/mol. The number of nitrogens with zero attached hydrogens (tertiary/aromatic N) is 2. The van der Waals surface area contributed by atoms with Crippen LogP contribution in [0, 0.1) is 11.6 Å². The first-order valence-electron chi connectivity index (χ1n) is 7.16. The fourth-order valence-corrected chi connectivity index (χ4v) is 2.60. The molecule has 3 rings (SSSR count). The zero-order valence-corrected chi connectivity index (χ0v) is 12.4. The maximum Gasteiger partial charge on any atom is 0.335 e. The molecular weight excluding hydrogens is 302 g/mol. The maximum atomic E-state index is 13.6. The first-order valence-corrected chi connectivity index (χ1v) is 7.16. The molecule has 0 aliphatic rings. The summed E-state index contributed by atoms with van der Waals surface area (Å²) in [6.07, 6.45) is 0.594. The van der Waals surface area contributed by atoms with Crippen molar-refractivity contribution < 1.29 is 18.7 Å². The summed E-state index contributed by atoms with van der Waals surface area (Å²) in [5, 5.41) is 9.06. The van der Waals surface area contributed by atoms with E-state index >= 15 is 0 Å². The Morgan fingerprint density at radius 1 is 1.22 bits per heavy atom. The van der Waals surface area contributed by atoms with Crippen LogP contribution in [0.3, 0.4) is 0 Å². The highest BCUT2D eigenvalue weighted by Gasteiger charge is 2.14. The van der Waals surface area contributed by atoms with Crippen LogP contribution in [0.15, 0.2) is 36.4 Å². The average Bonchev–Trinajstić information content (AvgIpc) is 2.85. The third kappa shape index (κ3) is 2.79. The molecule has 0 bridgehead atoms. The van der Waals surface area contributed by atoms with E-state index in [-0.39, 0.29) is 5.56 Å². The molecule has 118 valence electrons. The van der Waals surface area contributed by atoms with Crippen molar-refractivity contribution in [3.05, 3.63) is 65.0 Å². The van der Waals surface area contributed by atoms with Gasteiger partial charge in [-0.2, -0.15) is 0 Å². The molecule has 0 unspecified atom stereocenters. The van der Waals surface area contributed by atoms with Gasteiger partial charge in [-0.3, -0.25) is 0 Å². The van der Waals surface area contributed by atoms with Crippen molar-refractivity contribution in [1.82, 2.24) is 9.55 Å². The minimum absolute atomic E-state index is 0.183. The van der Waals surface area contributed by atoms with E-state index < -0.39 is 17.6 Å². The molecule has 0 atom stereocenters. The van der Waals surface area contributed by atoms with Gasteiger partial charge in [0.25, 0.3) is 0 Å². The van der Waals surface area contributed by atoms with Crippen LogP contribution in [-0.4, -0.2) is 20.6 Å². The lowest BCUT2D eigenvalue weighted by Gasteiger charge is -2.09. The lowest BCUT2D eigenvalue weighted by Crippen LogP contribution is -2.06. The van der Waals surface area contributed by atoms with Gasteiger partial charge in [-0.15, -0.1) is 0 Å². The lowest BCUT2D eigenvalue weighted by atomic mass is 10.1. The molecule has 0 saturated carbocycles. The highest BCUT2D eigenvalue weighted by atomic mass is 19.2. The summed E-state index contributed by atoms with van der Waals surface area (Å²) in [7, 11) is 0. The molecule has 1 aromatic heterocycles. The molecule has 0 aliphatic heterocycles.